The van der Waals surface area contributed by atoms with E-state index in [-0.39, 0.29) is 0 Å². The molecule has 17 heavy (non-hydrogen) atoms. The minimum Gasteiger partial charge on any atom is -0.382 e. The first-order valence-electron chi connectivity index (χ1n) is 5.48. The van der Waals surface area contributed by atoms with Crippen molar-refractivity contribution in [2.24, 2.45) is 0 Å². The molecule has 1 aliphatic carbocycles. The zero-order valence-corrected chi connectivity index (χ0v) is 11.1. The Morgan fingerprint density at radius 2 is 2.06 bits per heavy atom. The molecule has 1 fully saturated rings. The van der Waals surface area contributed by atoms with Crippen molar-refractivity contribution in [2.45, 2.75) is 25.3 Å². The molecule has 1 aromatic carbocycles. The van der Waals surface area contributed by atoms with Gasteiger partial charge in [-0.1, -0.05) is 11.6 Å². The Kier molecular flexibility index (Phi) is 3.49. The van der Waals surface area contributed by atoms with Crippen LogP contribution in [0.4, 0.5) is 11.4 Å². The molecule has 0 atom stereocenters. The summed E-state index contributed by atoms with van der Waals surface area (Å²) in [5, 5.41) is 3.75. The van der Waals surface area contributed by atoms with Gasteiger partial charge in [0.05, 0.1) is 17.0 Å². The normalized spacial score (nSPS) is 16.4. The van der Waals surface area contributed by atoms with Crippen LogP contribution in [-0.4, -0.2) is 20.7 Å². The molecule has 2 N–H and O–H groups in total. The molecule has 0 unspecified atom stereocenters. The van der Waals surface area contributed by atoms with Gasteiger partial charge in [0.25, 0.3) is 0 Å². The minimum atomic E-state index is -3.28. The maximum atomic E-state index is 11.1. The van der Waals surface area contributed by atoms with Crippen LogP contribution in [0.5, 0.6) is 0 Å². The van der Waals surface area contributed by atoms with E-state index in [0.717, 1.165) is 11.9 Å². The monoisotopic (exact) mass is 274 g/mol. The van der Waals surface area contributed by atoms with E-state index in [1.807, 2.05) is 6.07 Å². The molecule has 0 spiro atoms. The SMILES string of the molecule is CS(=O)(=O)Nc1ccc(NC2CCC2)cc1Cl. The smallest absolute Gasteiger partial charge is 0.229 e. The number of benzene rings is 1. The lowest BCUT2D eigenvalue weighted by Crippen LogP contribution is -2.26. The fourth-order valence-corrected chi connectivity index (χ4v) is 2.54. The van der Waals surface area contributed by atoms with Gasteiger partial charge >= 0.3 is 0 Å². The molecule has 4 nitrogen and oxygen atoms in total. The highest BCUT2D eigenvalue weighted by atomic mass is 35.5. The second kappa shape index (κ2) is 4.74. The molecule has 1 aliphatic rings. The summed E-state index contributed by atoms with van der Waals surface area (Å²) in [6, 6.07) is 5.77. The topological polar surface area (TPSA) is 58.2 Å². The fraction of sp³-hybridized carbons (Fsp3) is 0.455. The molecule has 0 amide bonds. The quantitative estimate of drug-likeness (QED) is 0.887. The van der Waals surface area contributed by atoms with Gasteiger partial charge in [0, 0.05) is 11.7 Å². The molecular formula is C11H15ClN2O2S. The Bertz CT molecular complexity index is 512. The van der Waals surface area contributed by atoms with Crippen LogP contribution >= 0.6 is 11.6 Å². The molecule has 0 radical (unpaired) electrons. The van der Waals surface area contributed by atoms with Crippen LogP contribution in [-0.2, 0) is 10.0 Å². The van der Waals surface area contributed by atoms with Gasteiger partial charge in [-0.3, -0.25) is 4.72 Å². The molecule has 0 aromatic heterocycles. The maximum absolute atomic E-state index is 11.1. The highest BCUT2D eigenvalue weighted by Gasteiger charge is 2.17. The summed E-state index contributed by atoms with van der Waals surface area (Å²) in [5.74, 6) is 0. The number of halogens is 1. The zero-order chi connectivity index (χ0) is 12.5. The summed E-state index contributed by atoms with van der Waals surface area (Å²) < 4.78 is 24.5. The van der Waals surface area contributed by atoms with E-state index in [1.165, 1.54) is 19.3 Å². The molecule has 0 heterocycles. The van der Waals surface area contributed by atoms with Gasteiger partial charge in [0.2, 0.25) is 10.0 Å². The highest BCUT2D eigenvalue weighted by molar-refractivity contribution is 7.92. The third-order valence-electron chi connectivity index (χ3n) is 2.74. The van der Waals surface area contributed by atoms with Crippen molar-refractivity contribution < 1.29 is 8.42 Å². The zero-order valence-electron chi connectivity index (χ0n) is 9.53. The number of rotatable bonds is 4. The molecule has 6 heteroatoms. The third kappa shape index (κ3) is 3.51. The Hall–Kier alpha value is -0.940. The van der Waals surface area contributed by atoms with Crippen molar-refractivity contribution >= 4 is 33.0 Å². The molecule has 0 saturated heterocycles. The highest BCUT2D eigenvalue weighted by Crippen LogP contribution is 2.29. The van der Waals surface area contributed by atoms with Crippen molar-refractivity contribution in [2.75, 3.05) is 16.3 Å². The van der Waals surface area contributed by atoms with Gasteiger partial charge in [0.15, 0.2) is 0 Å². The number of sulfonamides is 1. The standard InChI is InChI=1S/C11H15ClN2O2S/c1-17(15,16)14-11-6-5-9(7-10(11)12)13-8-3-2-4-8/h5-8,13-14H,2-4H2,1H3. The molecule has 0 aliphatic heterocycles. The van der Waals surface area contributed by atoms with Crippen molar-refractivity contribution in [1.82, 2.24) is 0 Å². The first-order chi connectivity index (χ1) is 7.94. The summed E-state index contributed by atoms with van der Waals surface area (Å²) in [6.07, 6.45) is 4.73. The largest absolute Gasteiger partial charge is 0.382 e. The predicted molar refractivity (Wildman–Crippen MR) is 71.2 cm³/mol. The van der Waals surface area contributed by atoms with E-state index in [2.05, 4.69) is 10.0 Å². The van der Waals surface area contributed by atoms with Crippen molar-refractivity contribution in [3.63, 3.8) is 0 Å². The van der Waals surface area contributed by atoms with Crippen LogP contribution in [0, 0.1) is 0 Å². The number of nitrogens with one attached hydrogen (secondary N) is 2. The average Bonchev–Trinajstić information content (AvgIpc) is 2.14. The van der Waals surface area contributed by atoms with Gasteiger partial charge in [-0.05, 0) is 37.5 Å². The maximum Gasteiger partial charge on any atom is 0.229 e. The Balaban J connectivity index is 2.10. The lowest BCUT2D eigenvalue weighted by Gasteiger charge is -2.27. The minimum absolute atomic E-state index is 0.403. The number of hydrogen-bond acceptors (Lipinski definition) is 3. The van der Waals surface area contributed by atoms with Gasteiger partial charge in [0.1, 0.15) is 0 Å². The van der Waals surface area contributed by atoms with Gasteiger partial charge in [-0.2, -0.15) is 0 Å². The lowest BCUT2D eigenvalue weighted by atomic mass is 9.93. The van der Waals surface area contributed by atoms with E-state index < -0.39 is 10.0 Å². The van der Waals surface area contributed by atoms with E-state index in [4.69, 9.17) is 11.6 Å². The molecule has 0 bridgehead atoms. The second-order valence-corrected chi connectivity index (χ2v) is 6.50. The second-order valence-electron chi connectivity index (χ2n) is 4.34. The van der Waals surface area contributed by atoms with Gasteiger partial charge < -0.3 is 5.32 Å². The van der Waals surface area contributed by atoms with Crippen molar-refractivity contribution in [3.05, 3.63) is 23.2 Å². The van der Waals surface area contributed by atoms with Crippen molar-refractivity contribution in [3.8, 4) is 0 Å². The van der Waals surface area contributed by atoms with Gasteiger partial charge in [-0.15, -0.1) is 0 Å². The third-order valence-corrected chi connectivity index (χ3v) is 3.64. The van der Waals surface area contributed by atoms with E-state index in [9.17, 15) is 8.42 Å². The first kappa shape index (κ1) is 12.5. The van der Waals surface area contributed by atoms with Crippen LogP contribution in [0.2, 0.25) is 5.02 Å². The molecule has 1 aromatic rings. The number of anilines is 2. The summed E-state index contributed by atoms with van der Waals surface area (Å²) in [6.45, 7) is 0. The fourth-order valence-electron chi connectivity index (χ4n) is 1.68. The van der Waals surface area contributed by atoms with Gasteiger partial charge in [-0.25, -0.2) is 8.42 Å². The van der Waals surface area contributed by atoms with Crippen LogP contribution in [0.25, 0.3) is 0 Å². The van der Waals surface area contributed by atoms with E-state index in [0.29, 0.717) is 16.8 Å². The van der Waals surface area contributed by atoms with E-state index in [1.54, 1.807) is 12.1 Å². The summed E-state index contributed by atoms with van der Waals surface area (Å²) in [7, 11) is -3.28. The summed E-state index contributed by atoms with van der Waals surface area (Å²) in [5.41, 5.74) is 1.34. The summed E-state index contributed by atoms with van der Waals surface area (Å²) in [4.78, 5) is 0. The van der Waals surface area contributed by atoms with Crippen LogP contribution in [0.3, 0.4) is 0 Å². The average molecular weight is 275 g/mol. The van der Waals surface area contributed by atoms with Crippen LogP contribution < -0.4 is 10.0 Å². The Labute approximate surface area is 106 Å². The Morgan fingerprint density at radius 1 is 1.35 bits per heavy atom. The molecular weight excluding hydrogens is 260 g/mol. The number of hydrogen-bond donors (Lipinski definition) is 2. The van der Waals surface area contributed by atoms with Crippen LogP contribution in [0.15, 0.2) is 18.2 Å². The summed E-state index contributed by atoms with van der Waals surface area (Å²) >= 11 is 6.01. The van der Waals surface area contributed by atoms with Crippen molar-refractivity contribution in [1.29, 1.82) is 0 Å². The molecule has 2 rings (SSSR count). The predicted octanol–water partition coefficient (Wildman–Crippen LogP) is 2.68. The Morgan fingerprint density at radius 3 is 2.53 bits per heavy atom. The first-order valence-corrected chi connectivity index (χ1v) is 7.75. The lowest BCUT2D eigenvalue weighted by molar-refractivity contribution is 0.445. The van der Waals surface area contributed by atoms with E-state index >= 15 is 0 Å². The molecule has 1 saturated carbocycles. The molecule has 94 valence electrons. The van der Waals surface area contributed by atoms with Crippen LogP contribution in [0.1, 0.15) is 19.3 Å².